The highest BCUT2D eigenvalue weighted by atomic mass is 79.9. The van der Waals surface area contributed by atoms with Gasteiger partial charge in [0, 0.05) is 40.9 Å². The standard InChI is InChI=1S/C36H37BrN6O6/c1-46-31-17-12-24(20-32(31)47-2)22-39-42-35(45)36(21-26-8-4-6-11-30(26)37)33(29-10-5-3-9-27(29)23-40-43-38)49-34(41-36)25-13-15-28(16-14-25)48-19-7-18-44/h3-6,8-17,20,33,39,44H,7,18-19,21-23H2,1-2H3,(H,42,45)/t33-,36-/m0/s1. The lowest BCUT2D eigenvalue weighted by Gasteiger charge is -2.32. The van der Waals surface area contributed by atoms with Crippen LogP contribution in [0, 0.1) is 0 Å². The van der Waals surface area contributed by atoms with E-state index in [0.717, 1.165) is 15.6 Å². The number of aliphatic imine (C=N–C) groups is 1. The number of carbonyl (C=O) groups excluding carboxylic acids is 1. The first kappa shape index (κ1) is 35.2. The van der Waals surface area contributed by atoms with Crippen LogP contribution in [-0.4, -0.2) is 49.9 Å². The highest BCUT2D eigenvalue weighted by Crippen LogP contribution is 2.44. The van der Waals surface area contributed by atoms with Crippen LogP contribution in [0.15, 0.2) is 106 Å². The number of nitrogens with one attached hydrogen (secondary N) is 2. The van der Waals surface area contributed by atoms with Crippen molar-refractivity contribution in [3.63, 3.8) is 0 Å². The zero-order chi connectivity index (χ0) is 34.6. The number of carbonyl (C=O) groups is 1. The molecule has 0 fully saturated rings. The summed E-state index contributed by atoms with van der Waals surface area (Å²) in [5, 5.41) is 12.9. The van der Waals surface area contributed by atoms with Crippen LogP contribution in [0.25, 0.3) is 10.4 Å². The highest BCUT2D eigenvalue weighted by Gasteiger charge is 2.54. The number of halogens is 1. The Kier molecular flexibility index (Phi) is 12.1. The van der Waals surface area contributed by atoms with E-state index in [0.29, 0.717) is 47.0 Å². The van der Waals surface area contributed by atoms with Crippen molar-refractivity contribution in [3.8, 4) is 17.2 Å². The number of aliphatic hydroxyl groups excluding tert-OH is 1. The first-order valence-electron chi connectivity index (χ1n) is 15.6. The molecule has 0 unspecified atom stereocenters. The van der Waals surface area contributed by atoms with E-state index >= 15 is 0 Å². The van der Waals surface area contributed by atoms with Gasteiger partial charge >= 0.3 is 0 Å². The maximum absolute atomic E-state index is 14.6. The smallest absolute Gasteiger partial charge is 0.266 e. The molecule has 2 atom stereocenters. The normalized spacial score (nSPS) is 16.6. The van der Waals surface area contributed by atoms with Crippen LogP contribution in [0.5, 0.6) is 17.2 Å². The number of hydrogen-bond acceptors (Lipinski definition) is 9. The minimum atomic E-state index is -1.51. The lowest BCUT2D eigenvalue weighted by molar-refractivity contribution is -0.130. The van der Waals surface area contributed by atoms with Gasteiger partial charge in [0.25, 0.3) is 5.91 Å². The minimum absolute atomic E-state index is 0.0378. The van der Waals surface area contributed by atoms with E-state index in [1.807, 2.05) is 72.8 Å². The molecule has 12 nitrogen and oxygen atoms in total. The third kappa shape index (κ3) is 8.33. The molecular formula is C36H37BrN6O6. The Labute approximate surface area is 292 Å². The first-order chi connectivity index (χ1) is 23.9. The summed E-state index contributed by atoms with van der Waals surface area (Å²) in [5.41, 5.74) is 17.3. The minimum Gasteiger partial charge on any atom is -0.494 e. The average Bonchev–Trinajstić information content (AvgIpc) is 3.52. The fraction of sp³-hybridized carbons (Fsp3) is 0.278. The number of methoxy groups -OCH3 is 2. The van der Waals surface area contributed by atoms with E-state index < -0.39 is 17.6 Å². The second kappa shape index (κ2) is 16.8. The molecule has 0 radical (unpaired) electrons. The second-order valence-corrected chi connectivity index (χ2v) is 12.0. The molecule has 0 spiro atoms. The number of rotatable bonds is 16. The Morgan fingerprint density at radius 2 is 1.76 bits per heavy atom. The van der Waals surface area contributed by atoms with Gasteiger partial charge in [-0.15, -0.1) is 0 Å². The predicted octanol–water partition coefficient (Wildman–Crippen LogP) is 6.36. The van der Waals surface area contributed by atoms with Crippen molar-refractivity contribution < 1.29 is 28.8 Å². The zero-order valence-corrected chi connectivity index (χ0v) is 28.7. The lowest BCUT2D eigenvalue weighted by atomic mass is 9.80. The molecule has 0 aliphatic carbocycles. The molecular weight excluding hydrogens is 692 g/mol. The topological polar surface area (TPSA) is 159 Å². The Morgan fingerprint density at radius 1 is 1.02 bits per heavy atom. The number of amides is 1. The van der Waals surface area contributed by atoms with Crippen LogP contribution >= 0.6 is 15.9 Å². The summed E-state index contributed by atoms with van der Waals surface area (Å²) in [6.07, 6.45) is -0.214. The number of aliphatic hydroxyl groups is 1. The summed E-state index contributed by atoms with van der Waals surface area (Å²) < 4.78 is 24.0. The third-order valence-electron chi connectivity index (χ3n) is 8.03. The molecule has 0 bridgehead atoms. The van der Waals surface area contributed by atoms with Crippen molar-refractivity contribution in [2.75, 3.05) is 27.4 Å². The molecule has 4 aromatic carbocycles. The SMILES string of the molecule is COc1ccc(CNNC(=O)[C@@]2(Cc3ccccc3Br)N=C(c3ccc(OCCCO)cc3)O[C@H]2c2ccccc2CN=[N+]=[N-])cc1OC. The van der Waals surface area contributed by atoms with Gasteiger partial charge in [-0.1, -0.05) is 69.6 Å². The Balaban J connectivity index is 1.55. The summed E-state index contributed by atoms with van der Waals surface area (Å²) in [7, 11) is 3.14. The largest absolute Gasteiger partial charge is 0.494 e. The molecule has 0 saturated carbocycles. The van der Waals surface area contributed by atoms with Gasteiger partial charge in [0.1, 0.15) is 5.75 Å². The van der Waals surface area contributed by atoms with E-state index in [1.54, 1.807) is 32.4 Å². The summed E-state index contributed by atoms with van der Waals surface area (Å²) >= 11 is 3.66. The van der Waals surface area contributed by atoms with Crippen LogP contribution in [0.2, 0.25) is 0 Å². The first-order valence-corrected chi connectivity index (χ1v) is 16.4. The predicted molar refractivity (Wildman–Crippen MR) is 188 cm³/mol. The van der Waals surface area contributed by atoms with Crippen LogP contribution < -0.4 is 25.1 Å². The van der Waals surface area contributed by atoms with Gasteiger partial charge in [-0.25, -0.2) is 10.4 Å². The summed E-state index contributed by atoms with van der Waals surface area (Å²) in [6, 6.07) is 27.8. The maximum Gasteiger partial charge on any atom is 0.266 e. The van der Waals surface area contributed by atoms with Crippen molar-refractivity contribution in [2.24, 2.45) is 10.1 Å². The number of hydrazine groups is 1. The van der Waals surface area contributed by atoms with Gasteiger partial charge in [0.2, 0.25) is 5.90 Å². The van der Waals surface area contributed by atoms with Crippen LogP contribution in [-0.2, 0) is 29.0 Å². The Morgan fingerprint density at radius 3 is 2.47 bits per heavy atom. The van der Waals surface area contributed by atoms with Crippen molar-refractivity contribution in [1.82, 2.24) is 10.9 Å². The van der Waals surface area contributed by atoms with E-state index in [1.165, 1.54) is 0 Å². The molecule has 49 heavy (non-hydrogen) atoms. The van der Waals surface area contributed by atoms with Gasteiger partial charge in [0.15, 0.2) is 23.1 Å². The number of azide groups is 1. The summed E-state index contributed by atoms with van der Waals surface area (Å²) in [6.45, 7) is 0.759. The molecule has 5 rings (SSSR count). The van der Waals surface area contributed by atoms with Gasteiger partial charge in [-0.2, -0.15) is 0 Å². The summed E-state index contributed by atoms with van der Waals surface area (Å²) in [5.74, 6) is 1.64. The maximum atomic E-state index is 14.6. The number of hydrogen-bond donors (Lipinski definition) is 3. The molecule has 13 heteroatoms. The van der Waals surface area contributed by atoms with Crippen molar-refractivity contribution >= 4 is 27.7 Å². The van der Waals surface area contributed by atoms with Crippen molar-refractivity contribution in [3.05, 3.63) is 134 Å². The molecule has 0 aromatic heterocycles. The monoisotopic (exact) mass is 728 g/mol. The highest BCUT2D eigenvalue weighted by molar-refractivity contribution is 9.10. The zero-order valence-electron chi connectivity index (χ0n) is 27.1. The molecule has 4 aromatic rings. The fourth-order valence-electron chi connectivity index (χ4n) is 5.56. The van der Waals surface area contributed by atoms with E-state index in [4.69, 9.17) is 34.6 Å². The summed E-state index contributed by atoms with van der Waals surface area (Å²) in [4.78, 5) is 22.7. The fourth-order valence-corrected chi connectivity index (χ4v) is 5.98. The molecule has 1 amide bonds. The van der Waals surface area contributed by atoms with Crippen LogP contribution in [0.1, 0.15) is 40.3 Å². The van der Waals surface area contributed by atoms with E-state index in [2.05, 4.69) is 36.8 Å². The van der Waals surface area contributed by atoms with Crippen LogP contribution in [0.3, 0.4) is 0 Å². The van der Waals surface area contributed by atoms with Crippen molar-refractivity contribution in [1.29, 1.82) is 0 Å². The van der Waals surface area contributed by atoms with E-state index in [9.17, 15) is 4.79 Å². The van der Waals surface area contributed by atoms with Gasteiger partial charge in [-0.3, -0.25) is 10.2 Å². The Bertz CT molecular complexity index is 1830. The van der Waals surface area contributed by atoms with Crippen molar-refractivity contribution in [2.45, 2.75) is 37.6 Å². The lowest BCUT2D eigenvalue weighted by Crippen LogP contribution is -2.53. The molecule has 0 saturated heterocycles. The number of nitrogens with zero attached hydrogens (tertiary/aromatic N) is 4. The van der Waals surface area contributed by atoms with Crippen LogP contribution in [0.4, 0.5) is 0 Å². The molecule has 3 N–H and O–H groups in total. The molecule has 254 valence electrons. The molecule has 1 aliphatic rings. The average molecular weight is 730 g/mol. The second-order valence-electron chi connectivity index (χ2n) is 11.1. The van der Waals surface area contributed by atoms with Gasteiger partial charge < -0.3 is 24.1 Å². The molecule has 1 aliphatic heterocycles. The quantitative estimate of drug-likeness (QED) is 0.0398. The third-order valence-corrected chi connectivity index (χ3v) is 8.81. The number of benzene rings is 4. The van der Waals surface area contributed by atoms with Gasteiger partial charge in [-0.05, 0) is 70.2 Å². The Hall–Kier alpha value is -5.07. The van der Waals surface area contributed by atoms with Gasteiger partial charge in [0.05, 0.1) is 27.4 Å². The number of ether oxygens (including phenoxy) is 4. The molecule has 1 heterocycles. The van der Waals surface area contributed by atoms with E-state index in [-0.39, 0.29) is 32.0 Å².